The molecule has 1 aliphatic carbocycles. The van der Waals surface area contributed by atoms with Crippen molar-refractivity contribution in [1.82, 2.24) is 4.72 Å². The molecule has 1 aromatic rings. The largest absolute Gasteiger partial charge is 0.396 e. The molecule has 0 aliphatic heterocycles. The van der Waals surface area contributed by atoms with Gasteiger partial charge < -0.3 is 5.11 Å². The van der Waals surface area contributed by atoms with Gasteiger partial charge in [-0.05, 0) is 63.6 Å². The number of nitrogens with one attached hydrogen (secondary N) is 1. The Kier molecular flexibility index (Phi) is 6.52. The second-order valence-corrected chi connectivity index (χ2v) is 10.5. The van der Waals surface area contributed by atoms with Gasteiger partial charge in [-0.25, -0.2) is 8.93 Å². The van der Waals surface area contributed by atoms with Gasteiger partial charge in [0.1, 0.15) is 0 Å². The number of benzene rings is 1. The van der Waals surface area contributed by atoms with Gasteiger partial charge in [0.15, 0.2) is 0 Å². The third-order valence-electron chi connectivity index (χ3n) is 5.09. The molecule has 0 radical (unpaired) electrons. The quantitative estimate of drug-likeness (QED) is 0.754. The van der Waals surface area contributed by atoms with E-state index in [9.17, 15) is 9.32 Å². The van der Waals surface area contributed by atoms with Crippen LogP contribution in [0.1, 0.15) is 58.9 Å². The van der Waals surface area contributed by atoms with Crippen LogP contribution >= 0.6 is 11.6 Å². The number of aliphatic hydroxyl groups excluding tert-OH is 1. The highest BCUT2D eigenvalue weighted by Gasteiger charge is 2.46. The second-order valence-electron chi connectivity index (χ2n) is 8.09. The van der Waals surface area contributed by atoms with Gasteiger partial charge in [0.25, 0.3) is 0 Å². The Balaban J connectivity index is 2.32. The maximum Gasteiger partial charge on any atom is 0.0973 e. The Morgan fingerprint density at radius 1 is 1.29 bits per heavy atom. The highest BCUT2D eigenvalue weighted by molar-refractivity contribution is 7.84. The van der Waals surface area contributed by atoms with Crippen LogP contribution in [0, 0.1) is 5.92 Å². The fourth-order valence-corrected chi connectivity index (χ4v) is 4.41. The van der Waals surface area contributed by atoms with Gasteiger partial charge in [-0.3, -0.25) is 0 Å². The van der Waals surface area contributed by atoms with E-state index in [0.717, 1.165) is 24.3 Å². The van der Waals surface area contributed by atoms with Crippen molar-refractivity contribution < 1.29 is 9.32 Å². The van der Waals surface area contributed by atoms with E-state index >= 15 is 0 Å². The molecular weight excluding hydrogens is 342 g/mol. The molecule has 0 amide bonds. The van der Waals surface area contributed by atoms with E-state index in [4.69, 9.17) is 11.6 Å². The lowest BCUT2D eigenvalue weighted by Gasteiger charge is -2.49. The summed E-state index contributed by atoms with van der Waals surface area (Å²) in [5.74, 6) is 0.171. The molecule has 1 saturated carbocycles. The maximum absolute atomic E-state index is 12.7. The molecule has 136 valence electrons. The van der Waals surface area contributed by atoms with Gasteiger partial charge in [-0.2, -0.15) is 0 Å². The first-order valence-corrected chi connectivity index (χ1v) is 10.3. The molecular formula is C19H30ClNO2S. The van der Waals surface area contributed by atoms with Gasteiger partial charge in [0.2, 0.25) is 0 Å². The highest BCUT2D eigenvalue weighted by Crippen LogP contribution is 2.48. The van der Waals surface area contributed by atoms with Gasteiger partial charge >= 0.3 is 0 Å². The molecule has 1 aromatic carbocycles. The lowest BCUT2D eigenvalue weighted by Crippen LogP contribution is -2.55. The molecule has 5 heteroatoms. The number of hydrogen-bond acceptors (Lipinski definition) is 2. The van der Waals surface area contributed by atoms with Crippen molar-refractivity contribution in [2.45, 2.75) is 69.6 Å². The minimum atomic E-state index is -1.14. The molecule has 3 atom stereocenters. The van der Waals surface area contributed by atoms with Crippen molar-refractivity contribution in [2.24, 2.45) is 5.92 Å². The van der Waals surface area contributed by atoms with Gasteiger partial charge in [0, 0.05) is 23.1 Å². The summed E-state index contributed by atoms with van der Waals surface area (Å²) in [7, 11) is -1.14. The summed E-state index contributed by atoms with van der Waals surface area (Å²) in [4.78, 5) is 0. The van der Waals surface area contributed by atoms with Gasteiger partial charge in [-0.15, -0.1) is 0 Å². The Bertz CT molecular complexity index is 564. The van der Waals surface area contributed by atoms with E-state index in [1.54, 1.807) is 0 Å². The minimum absolute atomic E-state index is 0.0189. The van der Waals surface area contributed by atoms with Crippen molar-refractivity contribution in [3.05, 3.63) is 34.9 Å². The summed E-state index contributed by atoms with van der Waals surface area (Å²) in [5, 5.41) is 10.3. The van der Waals surface area contributed by atoms with Crippen LogP contribution in [0.15, 0.2) is 24.3 Å². The minimum Gasteiger partial charge on any atom is -0.396 e. The van der Waals surface area contributed by atoms with Crippen LogP contribution in [0.5, 0.6) is 0 Å². The Morgan fingerprint density at radius 2 is 1.88 bits per heavy atom. The zero-order chi connectivity index (χ0) is 18.0. The van der Waals surface area contributed by atoms with E-state index in [-0.39, 0.29) is 28.7 Å². The lowest BCUT2D eigenvalue weighted by molar-refractivity contribution is 0.145. The molecule has 3 nitrogen and oxygen atoms in total. The van der Waals surface area contributed by atoms with Crippen LogP contribution in [0.3, 0.4) is 0 Å². The van der Waals surface area contributed by atoms with Crippen molar-refractivity contribution in [3.63, 3.8) is 0 Å². The summed E-state index contributed by atoms with van der Waals surface area (Å²) in [6, 6.07) is 8.14. The van der Waals surface area contributed by atoms with Crippen molar-refractivity contribution in [2.75, 3.05) is 6.61 Å². The van der Waals surface area contributed by atoms with E-state index < -0.39 is 11.0 Å². The summed E-state index contributed by atoms with van der Waals surface area (Å²) in [6.07, 6.45) is 4.13. The first kappa shape index (κ1) is 19.9. The van der Waals surface area contributed by atoms with Crippen LogP contribution in [-0.4, -0.2) is 26.7 Å². The normalized spacial score (nSPS) is 20.9. The van der Waals surface area contributed by atoms with Crippen molar-refractivity contribution in [3.8, 4) is 0 Å². The van der Waals surface area contributed by atoms with Crippen LogP contribution in [0.4, 0.5) is 0 Å². The summed E-state index contributed by atoms with van der Waals surface area (Å²) in [5.41, 5.74) is 1.24. The average molecular weight is 372 g/mol. The van der Waals surface area contributed by atoms with E-state index in [2.05, 4.69) is 16.9 Å². The SMILES string of the molecule is C[C@@H](CO)C[C@H](NS(=O)C(C)(C)C)C1(c2ccc(Cl)cc2)CCC1. The zero-order valence-electron chi connectivity index (χ0n) is 15.1. The third-order valence-corrected chi connectivity index (χ3v) is 6.95. The molecule has 0 spiro atoms. The highest BCUT2D eigenvalue weighted by atomic mass is 35.5. The van der Waals surface area contributed by atoms with Crippen LogP contribution in [-0.2, 0) is 16.4 Å². The Hall–Kier alpha value is -0.420. The molecule has 24 heavy (non-hydrogen) atoms. The maximum atomic E-state index is 12.7. The second kappa shape index (κ2) is 7.86. The van der Waals surface area contributed by atoms with Gasteiger partial charge in [0.05, 0.1) is 15.7 Å². The monoisotopic (exact) mass is 371 g/mol. The van der Waals surface area contributed by atoms with Crippen molar-refractivity contribution >= 4 is 22.6 Å². The smallest absolute Gasteiger partial charge is 0.0973 e. The van der Waals surface area contributed by atoms with Gasteiger partial charge in [-0.1, -0.05) is 37.1 Å². The van der Waals surface area contributed by atoms with E-state index in [1.165, 1.54) is 12.0 Å². The first-order chi connectivity index (χ1) is 11.2. The van der Waals surface area contributed by atoms with Crippen LogP contribution < -0.4 is 4.72 Å². The standard InChI is InChI=1S/C19H30ClNO2S/c1-14(13-22)12-17(21-24(23)18(2,3)4)19(10-5-11-19)15-6-8-16(20)9-7-15/h6-9,14,17,21-22H,5,10-13H2,1-4H3/t14-,17+,24?/m1/s1. The average Bonchev–Trinajstić information content (AvgIpc) is 2.46. The Morgan fingerprint density at radius 3 is 2.29 bits per heavy atom. The molecule has 0 bridgehead atoms. The fourth-order valence-electron chi connectivity index (χ4n) is 3.35. The molecule has 1 unspecified atom stereocenters. The predicted octanol–water partition coefficient (Wildman–Crippen LogP) is 4.20. The molecule has 0 aromatic heterocycles. The summed E-state index contributed by atoms with van der Waals surface area (Å²) < 4.78 is 15.8. The van der Waals surface area contributed by atoms with Crippen LogP contribution in [0.25, 0.3) is 0 Å². The third kappa shape index (κ3) is 4.40. The van der Waals surface area contributed by atoms with Crippen LogP contribution in [0.2, 0.25) is 5.02 Å². The van der Waals surface area contributed by atoms with E-state index in [1.807, 2.05) is 39.8 Å². The molecule has 0 saturated heterocycles. The Labute approximate surface area is 153 Å². The number of halogens is 1. The van der Waals surface area contributed by atoms with Crippen molar-refractivity contribution in [1.29, 1.82) is 0 Å². The van der Waals surface area contributed by atoms with E-state index in [0.29, 0.717) is 0 Å². The summed E-state index contributed by atoms with van der Waals surface area (Å²) in [6.45, 7) is 8.15. The number of rotatable bonds is 7. The molecule has 2 rings (SSSR count). The molecule has 1 fully saturated rings. The predicted molar refractivity (Wildman–Crippen MR) is 103 cm³/mol. The lowest BCUT2D eigenvalue weighted by atomic mass is 9.59. The summed E-state index contributed by atoms with van der Waals surface area (Å²) >= 11 is 6.06. The number of aliphatic hydroxyl groups is 1. The number of hydrogen-bond donors (Lipinski definition) is 2. The fraction of sp³-hybridized carbons (Fsp3) is 0.684. The topological polar surface area (TPSA) is 49.3 Å². The zero-order valence-corrected chi connectivity index (χ0v) is 16.7. The molecule has 1 aliphatic rings. The first-order valence-electron chi connectivity index (χ1n) is 8.74. The molecule has 0 heterocycles. The molecule has 2 N–H and O–H groups in total.